The van der Waals surface area contributed by atoms with Crippen molar-refractivity contribution in [1.29, 1.82) is 0 Å². The number of ketones is 1. The topological polar surface area (TPSA) is 104 Å². The Morgan fingerprint density at radius 2 is 1.66 bits per heavy atom. The highest BCUT2D eigenvalue weighted by molar-refractivity contribution is 6.04. The van der Waals surface area contributed by atoms with Gasteiger partial charge in [0.1, 0.15) is 18.1 Å². The number of Topliss-reactive ketones (excluding diaryl/α,β-unsaturated/α-hetero) is 1. The molecule has 11 nitrogen and oxygen atoms in total. The molecule has 3 aliphatic heterocycles. The SMILES string of the molecule is CCN1CCN(C[C@H]2COC(=O)C(C)(C)C(=O)[C@H](C)[C@@H](O[C@@H]3O[C@H](C)C[C@H](N(C)C)[C@H]3O)[C@](C)(OC)C[C@@H](C)CN2C)CC1. The lowest BCUT2D eigenvalue weighted by Gasteiger charge is -2.47. The Morgan fingerprint density at radius 3 is 2.23 bits per heavy atom. The minimum atomic E-state index is -1.41. The van der Waals surface area contributed by atoms with Gasteiger partial charge < -0.3 is 33.9 Å². The lowest BCUT2D eigenvalue weighted by Crippen LogP contribution is -2.59. The minimum absolute atomic E-state index is 0.0188. The molecule has 1 N–H and O–H groups in total. The molecule has 9 atom stereocenters. The molecule has 256 valence electrons. The van der Waals surface area contributed by atoms with Crippen LogP contribution in [0.3, 0.4) is 0 Å². The predicted octanol–water partition coefficient (Wildman–Crippen LogP) is 1.96. The molecule has 0 spiro atoms. The Hall–Kier alpha value is -1.18. The van der Waals surface area contributed by atoms with E-state index < -0.39 is 41.4 Å². The summed E-state index contributed by atoms with van der Waals surface area (Å²) in [6, 6.07) is -0.186. The summed E-state index contributed by atoms with van der Waals surface area (Å²) in [6.07, 6.45) is -1.56. The van der Waals surface area contributed by atoms with Crippen LogP contribution in [-0.2, 0) is 28.5 Å². The summed E-state index contributed by atoms with van der Waals surface area (Å²) >= 11 is 0. The van der Waals surface area contributed by atoms with Gasteiger partial charge in [-0.1, -0.05) is 20.8 Å². The van der Waals surface area contributed by atoms with Crippen molar-refractivity contribution in [3.8, 4) is 0 Å². The number of likely N-dealkylation sites (N-methyl/N-ethyl adjacent to an activating group) is 3. The maximum Gasteiger partial charge on any atom is 0.319 e. The zero-order valence-electron chi connectivity index (χ0n) is 29.4. The van der Waals surface area contributed by atoms with Crippen molar-refractivity contribution >= 4 is 11.8 Å². The van der Waals surface area contributed by atoms with Gasteiger partial charge in [-0.2, -0.15) is 0 Å². The zero-order valence-corrected chi connectivity index (χ0v) is 29.4. The van der Waals surface area contributed by atoms with Crippen LogP contribution < -0.4 is 0 Å². The molecule has 11 heteroatoms. The number of piperazine rings is 1. The van der Waals surface area contributed by atoms with Crippen LogP contribution in [0.5, 0.6) is 0 Å². The van der Waals surface area contributed by atoms with E-state index in [9.17, 15) is 14.7 Å². The number of nitrogens with zero attached hydrogens (tertiary/aromatic N) is 4. The molecule has 0 amide bonds. The third-order valence-corrected chi connectivity index (χ3v) is 10.4. The molecule has 0 radical (unpaired) electrons. The zero-order chi connectivity index (χ0) is 33.0. The molecule has 3 rings (SSSR count). The van der Waals surface area contributed by atoms with Crippen molar-refractivity contribution in [2.75, 3.05) is 80.7 Å². The first kappa shape index (κ1) is 37.3. The highest BCUT2D eigenvalue weighted by Crippen LogP contribution is 2.38. The standard InChI is InChI=1S/C33H62N4O7/c1-12-36-13-15-37(16-14-36)20-25-21-42-31(40)32(5,6)28(39)24(4)29(33(7,41-11)18-22(2)19-35(25)10)44-30-27(38)26(34(8)9)17-23(3)43-30/h22-27,29-30,38H,12-21H2,1-11H3/t22-,23-,24+,25+,26+,27-,29-,30+,33-/m1/s1. The van der Waals surface area contributed by atoms with Crippen LogP contribution >= 0.6 is 0 Å². The van der Waals surface area contributed by atoms with Crippen LogP contribution in [0.4, 0.5) is 0 Å². The highest BCUT2D eigenvalue weighted by Gasteiger charge is 2.51. The molecule has 0 aromatic carbocycles. The van der Waals surface area contributed by atoms with E-state index in [-0.39, 0.29) is 36.5 Å². The van der Waals surface area contributed by atoms with Gasteiger partial charge in [0.2, 0.25) is 0 Å². The molecule has 0 aromatic heterocycles. The van der Waals surface area contributed by atoms with Crippen LogP contribution in [-0.4, -0.2) is 159 Å². The Labute approximate surface area is 266 Å². The summed E-state index contributed by atoms with van der Waals surface area (Å²) in [6.45, 7) is 20.2. The molecule has 0 aliphatic carbocycles. The van der Waals surface area contributed by atoms with Gasteiger partial charge in [0.05, 0.1) is 23.9 Å². The fourth-order valence-corrected chi connectivity index (χ4v) is 7.37. The number of methoxy groups -OCH3 is 1. The Bertz CT molecular complexity index is 943. The predicted molar refractivity (Wildman–Crippen MR) is 170 cm³/mol. The maximum absolute atomic E-state index is 14.2. The first-order valence-corrected chi connectivity index (χ1v) is 16.6. The molecular weight excluding hydrogens is 564 g/mol. The van der Waals surface area contributed by atoms with Crippen molar-refractivity contribution in [2.45, 2.75) is 104 Å². The van der Waals surface area contributed by atoms with E-state index >= 15 is 0 Å². The van der Waals surface area contributed by atoms with Gasteiger partial charge in [0, 0.05) is 58.3 Å². The van der Waals surface area contributed by atoms with Crippen molar-refractivity contribution in [2.24, 2.45) is 17.3 Å². The first-order chi connectivity index (χ1) is 20.5. The summed E-state index contributed by atoms with van der Waals surface area (Å²) in [5.74, 6) is -1.41. The summed E-state index contributed by atoms with van der Waals surface area (Å²) in [4.78, 5) is 36.9. The highest BCUT2D eigenvalue weighted by atomic mass is 16.7. The molecule has 0 saturated carbocycles. The van der Waals surface area contributed by atoms with Crippen LogP contribution in [0.25, 0.3) is 0 Å². The second-order valence-electron chi connectivity index (χ2n) is 14.7. The number of hydrogen-bond donors (Lipinski definition) is 1. The van der Waals surface area contributed by atoms with E-state index in [0.717, 1.165) is 45.8 Å². The molecule has 3 saturated heterocycles. The minimum Gasteiger partial charge on any atom is -0.463 e. The van der Waals surface area contributed by atoms with Crippen LogP contribution in [0.2, 0.25) is 0 Å². The van der Waals surface area contributed by atoms with Crippen molar-refractivity contribution in [3.05, 3.63) is 0 Å². The molecule has 0 bridgehead atoms. The Kier molecular flexibility index (Phi) is 13.2. The molecule has 44 heavy (non-hydrogen) atoms. The fraction of sp³-hybridized carbons (Fsp3) is 0.939. The van der Waals surface area contributed by atoms with Gasteiger partial charge >= 0.3 is 5.97 Å². The van der Waals surface area contributed by atoms with E-state index in [1.807, 2.05) is 32.8 Å². The number of carbonyl (C=O) groups excluding carboxylic acids is 2. The first-order valence-electron chi connectivity index (χ1n) is 16.6. The van der Waals surface area contributed by atoms with E-state index in [1.54, 1.807) is 27.9 Å². The molecule has 3 heterocycles. The molecule has 0 unspecified atom stereocenters. The summed E-state index contributed by atoms with van der Waals surface area (Å²) in [7, 11) is 7.59. The molecular formula is C33H62N4O7. The van der Waals surface area contributed by atoms with Gasteiger partial charge in [0.25, 0.3) is 0 Å². The average Bonchev–Trinajstić information content (AvgIpc) is 2.97. The number of aliphatic hydroxyl groups excluding tert-OH is 1. The second-order valence-corrected chi connectivity index (χ2v) is 14.7. The largest absolute Gasteiger partial charge is 0.463 e. The van der Waals surface area contributed by atoms with Crippen molar-refractivity contribution in [1.82, 2.24) is 19.6 Å². The van der Waals surface area contributed by atoms with Gasteiger partial charge in [0.15, 0.2) is 12.1 Å². The van der Waals surface area contributed by atoms with E-state index in [2.05, 4.69) is 35.6 Å². The molecule has 3 fully saturated rings. The number of ether oxygens (including phenoxy) is 4. The van der Waals surface area contributed by atoms with E-state index in [1.165, 1.54) is 0 Å². The second kappa shape index (κ2) is 15.6. The smallest absolute Gasteiger partial charge is 0.319 e. The number of esters is 1. The average molecular weight is 627 g/mol. The number of hydrogen-bond acceptors (Lipinski definition) is 11. The van der Waals surface area contributed by atoms with Crippen LogP contribution in [0, 0.1) is 17.3 Å². The monoisotopic (exact) mass is 626 g/mol. The number of cyclic esters (lactones) is 1. The lowest BCUT2D eigenvalue weighted by atomic mass is 9.74. The Morgan fingerprint density at radius 1 is 1.05 bits per heavy atom. The van der Waals surface area contributed by atoms with Gasteiger partial charge in [-0.3, -0.25) is 19.4 Å². The molecule has 3 aliphatic rings. The maximum atomic E-state index is 14.2. The van der Waals surface area contributed by atoms with Gasteiger partial charge in [-0.25, -0.2) is 0 Å². The summed E-state index contributed by atoms with van der Waals surface area (Å²) in [5.41, 5.74) is -2.32. The summed E-state index contributed by atoms with van der Waals surface area (Å²) < 4.78 is 24.9. The third-order valence-electron chi connectivity index (χ3n) is 10.4. The van der Waals surface area contributed by atoms with Gasteiger partial charge in [-0.15, -0.1) is 0 Å². The van der Waals surface area contributed by atoms with Crippen LogP contribution in [0.1, 0.15) is 61.3 Å². The van der Waals surface area contributed by atoms with Crippen LogP contribution in [0.15, 0.2) is 0 Å². The van der Waals surface area contributed by atoms with Crippen molar-refractivity contribution < 1.29 is 33.6 Å². The van der Waals surface area contributed by atoms with Crippen molar-refractivity contribution in [3.63, 3.8) is 0 Å². The number of aliphatic hydroxyl groups is 1. The number of rotatable bonds is 7. The quantitative estimate of drug-likeness (QED) is 0.331. The normalized spacial score (nSPS) is 39.4. The van der Waals surface area contributed by atoms with Gasteiger partial charge in [-0.05, 0) is 74.1 Å². The molecule has 0 aromatic rings. The third kappa shape index (κ3) is 8.79. The summed E-state index contributed by atoms with van der Waals surface area (Å²) in [5, 5.41) is 11.3. The van der Waals surface area contributed by atoms with E-state index in [4.69, 9.17) is 18.9 Å². The number of carbonyl (C=O) groups is 2. The lowest BCUT2D eigenvalue weighted by molar-refractivity contribution is -0.295. The fourth-order valence-electron chi connectivity index (χ4n) is 7.37. The Balaban J connectivity index is 1.93. The van der Waals surface area contributed by atoms with E-state index in [0.29, 0.717) is 12.8 Å².